The maximum atomic E-state index is 12.2. The molecule has 9 heteroatoms. The van der Waals surface area contributed by atoms with Crippen LogP contribution in [0, 0.1) is 0 Å². The van der Waals surface area contributed by atoms with E-state index in [1.165, 1.54) is 26.2 Å². The predicted octanol–water partition coefficient (Wildman–Crippen LogP) is 0.245. The van der Waals surface area contributed by atoms with Crippen LogP contribution in [0.2, 0.25) is 0 Å². The number of benzene rings is 1. The van der Waals surface area contributed by atoms with E-state index in [9.17, 15) is 18.0 Å². The average Bonchev–Trinajstić information content (AvgIpc) is 2.45. The molecule has 0 saturated carbocycles. The molecule has 0 unspecified atom stereocenters. The maximum absolute atomic E-state index is 12.2. The molecule has 0 radical (unpaired) electrons. The van der Waals surface area contributed by atoms with Gasteiger partial charge in [-0.1, -0.05) is 12.1 Å². The van der Waals surface area contributed by atoms with E-state index >= 15 is 0 Å². The molecule has 0 aliphatic rings. The van der Waals surface area contributed by atoms with E-state index in [2.05, 4.69) is 10.1 Å². The Balaban J connectivity index is 2.97. The number of carbonyl (C=O) groups excluding carboxylic acids is 2. The third-order valence-electron chi connectivity index (χ3n) is 2.61. The zero-order valence-corrected chi connectivity index (χ0v) is 12.9. The number of esters is 1. The van der Waals surface area contributed by atoms with E-state index in [1.807, 2.05) is 0 Å². The number of amides is 1. The number of hydrogen-bond acceptors (Lipinski definition) is 6. The lowest BCUT2D eigenvalue weighted by molar-refractivity contribution is -0.144. The molecule has 1 aromatic carbocycles. The van der Waals surface area contributed by atoms with Crippen LogP contribution in [-0.4, -0.2) is 50.4 Å². The molecule has 8 nitrogen and oxygen atoms in total. The second-order valence-electron chi connectivity index (χ2n) is 4.23. The summed E-state index contributed by atoms with van der Waals surface area (Å²) in [5, 5.41) is 2.22. The largest absolute Gasteiger partial charge is 0.496 e. The van der Waals surface area contributed by atoms with Crippen LogP contribution >= 0.6 is 0 Å². The fraction of sp³-hybridized carbons (Fsp3) is 0.385. The highest BCUT2D eigenvalue weighted by Crippen LogP contribution is 2.17. The molecule has 122 valence electrons. The highest BCUT2D eigenvalue weighted by Gasteiger charge is 2.28. The lowest BCUT2D eigenvalue weighted by Gasteiger charge is -2.16. The molecule has 0 heterocycles. The number of rotatable bonds is 7. The number of methoxy groups -OCH3 is 1. The summed E-state index contributed by atoms with van der Waals surface area (Å²) in [6.07, 6.45) is 0. The van der Waals surface area contributed by atoms with E-state index in [-0.39, 0.29) is 17.9 Å². The Hall–Kier alpha value is -2.13. The van der Waals surface area contributed by atoms with Gasteiger partial charge in [0.2, 0.25) is 0 Å². The molecule has 0 aromatic heterocycles. The van der Waals surface area contributed by atoms with Gasteiger partial charge in [-0.2, -0.15) is 8.42 Å². The first kappa shape index (κ1) is 17.9. The Labute approximate surface area is 128 Å². The monoisotopic (exact) mass is 331 g/mol. The minimum Gasteiger partial charge on any atom is -0.496 e. The van der Waals surface area contributed by atoms with Crippen molar-refractivity contribution in [2.24, 2.45) is 0 Å². The van der Waals surface area contributed by atoms with Crippen LogP contribution in [0.5, 0.6) is 5.75 Å². The molecule has 0 spiro atoms. The number of para-hydroxylation sites is 1. The first-order chi connectivity index (χ1) is 10.3. The number of hydrogen-bond donors (Lipinski definition) is 2. The molecule has 22 heavy (non-hydrogen) atoms. The van der Waals surface area contributed by atoms with Crippen LogP contribution in [0.25, 0.3) is 0 Å². The smallest absolute Gasteiger partial charge is 0.329 e. The van der Waals surface area contributed by atoms with E-state index in [1.54, 1.807) is 12.1 Å². The highest BCUT2D eigenvalue weighted by molar-refractivity contribution is 7.85. The van der Waals surface area contributed by atoms with Gasteiger partial charge in [-0.05, 0) is 19.1 Å². The normalized spacial score (nSPS) is 12.3. The topological polar surface area (TPSA) is 119 Å². The van der Waals surface area contributed by atoms with E-state index in [0.29, 0.717) is 0 Å². The molecule has 0 fully saturated rings. The van der Waals surface area contributed by atoms with Gasteiger partial charge in [0.1, 0.15) is 17.5 Å². The minimum absolute atomic E-state index is 0.00530. The fourth-order valence-corrected chi connectivity index (χ4v) is 2.33. The van der Waals surface area contributed by atoms with Crippen LogP contribution in [0.1, 0.15) is 17.3 Å². The van der Waals surface area contributed by atoms with Crippen molar-refractivity contribution in [1.82, 2.24) is 5.32 Å². The first-order valence-electron chi connectivity index (χ1n) is 6.34. The summed E-state index contributed by atoms with van der Waals surface area (Å²) in [6.45, 7) is 1.54. The van der Waals surface area contributed by atoms with Crippen molar-refractivity contribution in [2.45, 2.75) is 13.0 Å². The molecular formula is C13H17NO7S. The van der Waals surface area contributed by atoms with Crippen molar-refractivity contribution in [3.05, 3.63) is 29.8 Å². The summed E-state index contributed by atoms with van der Waals surface area (Å²) in [5.41, 5.74) is 0.120. The summed E-state index contributed by atoms with van der Waals surface area (Å²) in [6, 6.07) is 4.70. The molecule has 0 bridgehead atoms. The van der Waals surface area contributed by atoms with Gasteiger partial charge < -0.3 is 14.8 Å². The van der Waals surface area contributed by atoms with Crippen molar-refractivity contribution in [2.75, 3.05) is 19.5 Å². The van der Waals surface area contributed by atoms with Crippen LogP contribution in [0.3, 0.4) is 0 Å². The van der Waals surface area contributed by atoms with E-state index < -0.39 is 33.8 Å². The second kappa shape index (κ2) is 7.76. The van der Waals surface area contributed by atoms with Crippen LogP contribution in [-0.2, 0) is 19.6 Å². The van der Waals surface area contributed by atoms with Gasteiger partial charge in [0.25, 0.3) is 16.0 Å². The summed E-state index contributed by atoms with van der Waals surface area (Å²) >= 11 is 0. The summed E-state index contributed by atoms with van der Waals surface area (Å²) in [4.78, 5) is 23.9. The lowest BCUT2D eigenvalue weighted by atomic mass is 10.1. The molecule has 1 atom stereocenters. The summed E-state index contributed by atoms with van der Waals surface area (Å²) in [7, 11) is -3.11. The van der Waals surface area contributed by atoms with Crippen molar-refractivity contribution >= 4 is 22.0 Å². The van der Waals surface area contributed by atoms with Crippen molar-refractivity contribution in [3.63, 3.8) is 0 Å². The van der Waals surface area contributed by atoms with Gasteiger partial charge in [-0.3, -0.25) is 9.35 Å². The molecular weight excluding hydrogens is 314 g/mol. The molecule has 1 aromatic rings. The zero-order chi connectivity index (χ0) is 16.8. The van der Waals surface area contributed by atoms with E-state index in [4.69, 9.17) is 9.29 Å². The van der Waals surface area contributed by atoms with E-state index in [0.717, 1.165) is 0 Å². The van der Waals surface area contributed by atoms with Crippen molar-refractivity contribution in [1.29, 1.82) is 0 Å². The zero-order valence-electron chi connectivity index (χ0n) is 12.1. The highest BCUT2D eigenvalue weighted by atomic mass is 32.2. The third-order valence-corrected chi connectivity index (χ3v) is 3.36. The Morgan fingerprint density at radius 3 is 2.50 bits per heavy atom. The average molecular weight is 331 g/mol. The predicted molar refractivity (Wildman–Crippen MR) is 77.3 cm³/mol. The second-order valence-corrected chi connectivity index (χ2v) is 5.72. The molecule has 2 N–H and O–H groups in total. The Morgan fingerprint density at radius 2 is 1.95 bits per heavy atom. The van der Waals surface area contributed by atoms with Crippen LogP contribution in [0.15, 0.2) is 24.3 Å². The maximum Gasteiger partial charge on any atom is 0.329 e. The fourth-order valence-electron chi connectivity index (χ4n) is 1.69. The van der Waals surface area contributed by atoms with Crippen LogP contribution in [0.4, 0.5) is 0 Å². The lowest BCUT2D eigenvalue weighted by Crippen LogP contribution is -2.46. The molecule has 0 aliphatic carbocycles. The molecule has 1 rings (SSSR count). The Morgan fingerprint density at radius 1 is 1.32 bits per heavy atom. The van der Waals surface area contributed by atoms with Gasteiger partial charge in [-0.15, -0.1) is 0 Å². The van der Waals surface area contributed by atoms with Gasteiger partial charge in [0, 0.05) is 0 Å². The van der Waals surface area contributed by atoms with Crippen molar-refractivity contribution < 1.29 is 32.0 Å². The molecule has 0 aliphatic heterocycles. The Bertz CT molecular complexity index is 642. The number of ether oxygens (including phenoxy) is 2. The number of carbonyl (C=O) groups is 2. The van der Waals surface area contributed by atoms with Gasteiger partial charge >= 0.3 is 5.97 Å². The third kappa shape index (κ3) is 5.34. The standard InChI is InChI=1S/C13H17NO7S/c1-3-21-13(16)10(8-22(17,18)19)14-12(15)9-6-4-5-7-11(9)20-2/h4-7,10H,3,8H2,1-2H3,(H,14,15)(H,17,18,19)/t10-/m0/s1. The van der Waals surface area contributed by atoms with Crippen molar-refractivity contribution in [3.8, 4) is 5.75 Å². The molecule has 0 saturated heterocycles. The minimum atomic E-state index is -4.48. The quantitative estimate of drug-likeness (QED) is 0.543. The SMILES string of the molecule is CCOC(=O)[C@H](CS(=O)(=O)O)NC(=O)c1ccccc1OC. The van der Waals surface area contributed by atoms with Crippen LogP contribution < -0.4 is 10.1 Å². The molecule has 1 amide bonds. The van der Waals surface area contributed by atoms with Gasteiger partial charge in [-0.25, -0.2) is 4.79 Å². The number of nitrogens with one attached hydrogen (secondary N) is 1. The summed E-state index contributed by atoms with van der Waals surface area (Å²) in [5.74, 6) is -2.40. The Kier molecular flexibility index (Phi) is 6.32. The summed E-state index contributed by atoms with van der Waals surface area (Å²) < 4.78 is 40.5. The van der Waals surface area contributed by atoms with Gasteiger partial charge in [0.15, 0.2) is 0 Å². The first-order valence-corrected chi connectivity index (χ1v) is 7.95. The van der Waals surface area contributed by atoms with Gasteiger partial charge in [0.05, 0.1) is 19.3 Å².